The summed E-state index contributed by atoms with van der Waals surface area (Å²) in [6, 6.07) is 14.9. The average Bonchev–Trinajstić information content (AvgIpc) is 2.78. The number of esters is 1. The molecular weight excluding hydrogens is 470 g/mol. The van der Waals surface area contributed by atoms with Gasteiger partial charge in [-0.05, 0) is 64.8 Å². The van der Waals surface area contributed by atoms with Crippen LogP contribution < -0.4 is 9.46 Å². The van der Waals surface area contributed by atoms with E-state index in [9.17, 15) is 13.8 Å². The first-order chi connectivity index (χ1) is 16.3. The smallest absolute Gasteiger partial charge is 0.497 e. The van der Waals surface area contributed by atoms with Crippen LogP contribution in [0.4, 0.5) is 4.79 Å². The number of hydrogen-bond acceptors (Lipinski definition) is 7. The Bertz CT molecular complexity index is 995. The second-order valence-corrected chi connectivity index (χ2v) is 11.8. The minimum Gasteiger partial charge on any atom is -0.497 e. The van der Waals surface area contributed by atoms with Crippen LogP contribution in [0.15, 0.2) is 54.6 Å². The minimum atomic E-state index is -1.61. The Kier molecular flexibility index (Phi) is 9.85. The molecule has 0 aliphatic carbocycles. The Morgan fingerprint density at radius 1 is 0.943 bits per heavy atom. The normalized spacial score (nSPS) is 14.4. The Hall–Kier alpha value is -2.91. The molecular formula is C26H35NO7S. The Labute approximate surface area is 209 Å². The lowest BCUT2D eigenvalue weighted by Crippen LogP contribution is -2.46. The first-order valence-corrected chi connectivity index (χ1v) is 12.4. The maximum Gasteiger partial charge on any atom is 0.509 e. The average molecular weight is 506 g/mol. The second kappa shape index (κ2) is 12.2. The Balaban J connectivity index is 2.42. The molecule has 1 unspecified atom stereocenters. The van der Waals surface area contributed by atoms with E-state index in [1.807, 2.05) is 30.3 Å². The second-order valence-electron chi connectivity index (χ2n) is 9.85. The third-order valence-corrected chi connectivity index (χ3v) is 6.22. The zero-order valence-electron chi connectivity index (χ0n) is 21.3. The fraction of sp³-hybridized carbons (Fsp3) is 0.462. The molecule has 8 nitrogen and oxygen atoms in total. The summed E-state index contributed by atoms with van der Waals surface area (Å²) < 4.78 is 36.8. The number of benzene rings is 2. The summed E-state index contributed by atoms with van der Waals surface area (Å²) in [5.41, 5.74) is 0.477. The summed E-state index contributed by atoms with van der Waals surface area (Å²) in [7, 11) is -0.0706. The van der Waals surface area contributed by atoms with Crippen molar-refractivity contribution in [1.29, 1.82) is 0 Å². The van der Waals surface area contributed by atoms with Gasteiger partial charge >= 0.3 is 12.1 Å². The summed E-state index contributed by atoms with van der Waals surface area (Å²) in [4.78, 5) is 25.9. The molecule has 0 radical (unpaired) electrons. The van der Waals surface area contributed by atoms with Crippen LogP contribution in [0, 0.1) is 0 Å². The van der Waals surface area contributed by atoms with Gasteiger partial charge in [0.25, 0.3) is 0 Å². The number of ether oxygens (including phenoxy) is 4. The summed E-state index contributed by atoms with van der Waals surface area (Å²) in [5, 5.41) is 0. The lowest BCUT2D eigenvalue weighted by atomic mass is 10.0. The highest BCUT2D eigenvalue weighted by Crippen LogP contribution is 2.27. The fourth-order valence-electron chi connectivity index (χ4n) is 2.85. The zero-order chi connectivity index (χ0) is 26.2. The molecule has 0 saturated carbocycles. The lowest BCUT2D eigenvalue weighted by molar-refractivity contribution is -0.159. The SMILES string of the molecule is COc1ccc([C@H](NS(=O)C(C)(C)C)[C@@H](OC(=O)OC(C)(C)C)C(=O)OCc2ccccc2)cc1. The van der Waals surface area contributed by atoms with E-state index in [0.717, 1.165) is 5.56 Å². The van der Waals surface area contributed by atoms with E-state index in [2.05, 4.69) is 4.72 Å². The molecule has 2 rings (SSSR count). The molecule has 35 heavy (non-hydrogen) atoms. The highest BCUT2D eigenvalue weighted by Gasteiger charge is 2.38. The molecule has 0 heterocycles. The molecule has 192 valence electrons. The van der Waals surface area contributed by atoms with Crippen LogP contribution in [-0.2, 0) is 36.6 Å². The lowest BCUT2D eigenvalue weighted by Gasteiger charge is -2.30. The Morgan fingerprint density at radius 3 is 2.06 bits per heavy atom. The predicted molar refractivity (Wildman–Crippen MR) is 134 cm³/mol. The van der Waals surface area contributed by atoms with Crippen molar-refractivity contribution in [2.75, 3.05) is 7.11 Å². The molecule has 0 aliphatic heterocycles. The van der Waals surface area contributed by atoms with Gasteiger partial charge in [0, 0.05) is 0 Å². The van der Waals surface area contributed by atoms with Gasteiger partial charge in [0.05, 0.1) is 28.9 Å². The van der Waals surface area contributed by atoms with Crippen LogP contribution in [0.3, 0.4) is 0 Å². The number of nitrogens with one attached hydrogen (secondary N) is 1. The largest absolute Gasteiger partial charge is 0.509 e. The van der Waals surface area contributed by atoms with Gasteiger partial charge in [-0.25, -0.2) is 18.5 Å². The first-order valence-electron chi connectivity index (χ1n) is 11.2. The first kappa shape index (κ1) is 28.3. The highest BCUT2D eigenvalue weighted by atomic mass is 32.2. The van der Waals surface area contributed by atoms with E-state index in [0.29, 0.717) is 11.3 Å². The standard InChI is InChI=1S/C26H35NO7S/c1-25(2,3)34-24(29)33-22(23(28)32-17-18-11-9-8-10-12-18)21(27-35(30)26(4,5)6)19-13-15-20(31-7)16-14-19/h8-16,21-22,27H,17H2,1-7H3/t21-,22+,35?/m0/s1. The molecule has 3 atom stereocenters. The van der Waals surface area contributed by atoms with Gasteiger partial charge in [-0.15, -0.1) is 0 Å². The fourth-order valence-corrected chi connectivity index (χ4v) is 3.69. The number of hydrogen-bond donors (Lipinski definition) is 1. The summed E-state index contributed by atoms with van der Waals surface area (Å²) >= 11 is 0. The van der Waals surface area contributed by atoms with Crippen LogP contribution >= 0.6 is 0 Å². The van der Waals surface area contributed by atoms with Gasteiger partial charge in [0.1, 0.15) is 18.0 Å². The van der Waals surface area contributed by atoms with Gasteiger partial charge in [-0.3, -0.25) is 0 Å². The van der Waals surface area contributed by atoms with Crippen LogP contribution in [0.2, 0.25) is 0 Å². The number of carbonyl (C=O) groups is 2. The van der Waals surface area contributed by atoms with E-state index in [4.69, 9.17) is 18.9 Å². The topological polar surface area (TPSA) is 100 Å². The van der Waals surface area contributed by atoms with Crippen molar-refractivity contribution in [1.82, 2.24) is 4.72 Å². The zero-order valence-corrected chi connectivity index (χ0v) is 22.1. The van der Waals surface area contributed by atoms with Crippen molar-refractivity contribution < 1.29 is 32.7 Å². The number of rotatable bonds is 9. The molecule has 0 saturated heterocycles. The predicted octanol–water partition coefficient (Wildman–Crippen LogP) is 4.85. The summed E-state index contributed by atoms with van der Waals surface area (Å²) in [5.74, 6) is -0.209. The third-order valence-electron chi connectivity index (χ3n) is 4.64. The van der Waals surface area contributed by atoms with Gasteiger partial charge in [-0.1, -0.05) is 42.5 Å². The van der Waals surface area contributed by atoms with E-state index in [-0.39, 0.29) is 6.61 Å². The molecule has 0 bridgehead atoms. The molecule has 2 aromatic rings. The van der Waals surface area contributed by atoms with Crippen molar-refractivity contribution in [2.24, 2.45) is 0 Å². The number of methoxy groups -OCH3 is 1. The van der Waals surface area contributed by atoms with Gasteiger partial charge in [0.2, 0.25) is 6.10 Å². The van der Waals surface area contributed by atoms with Crippen molar-refractivity contribution in [3.63, 3.8) is 0 Å². The maximum atomic E-state index is 13.3. The summed E-state index contributed by atoms with van der Waals surface area (Å²) in [6.07, 6.45) is -2.52. The molecule has 0 spiro atoms. The molecule has 0 fully saturated rings. The quantitative estimate of drug-likeness (QED) is 0.486. The van der Waals surface area contributed by atoms with Crippen molar-refractivity contribution in [2.45, 2.75) is 70.6 Å². The maximum absolute atomic E-state index is 13.3. The van der Waals surface area contributed by atoms with Gasteiger partial charge in [0.15, 0.2) is 0 Å². The minimum absolute atomic E-state index is 0.0223. The van der Waals surface area contributed by atoms with Crippen LogP contribution in [0.1, 0.15) is 58.7 Å². The molecule has 0 aliphatic rings. The third kappa shape index (κ3) is 9.33. The molecule has 2 aromatic carbocycles. The number of carbonyl (C=O) groups excluding carboxylic acids is 2. The Morgan fingerprint density at radius 2 is 1.54 bits per heavy atom. The molecule has 1 N–H and O–H groups in total. The van der Waals surface area contributed by atoms with Crippen LogP contribution in [0.25, 0.3) is 0 Å². The van der Waals surface area contributed by atoms with Gasteiger partial charge < -0.3 is 18.9 Å². The monoisotopic (exact) mass is 505 g/mol. The summed E-state index contributed by atoms with van der Waals surface area (Å²) in [6.45, 7) is 10.4. The van der Waals surface area contributed by atoms with Crippen molar-refractivity contribution >= 4 is 23.1 Å². The van der Waals surface area contributed by atoms with E-state index >= 15 is 0 Å². The van der Waals surface area contributed by atoms with E-state index < -0.39 is 45.6 Å². The van der Waals surface area contributed by atoms with E-state index in [1.54, 1.807) is 65.8 Å². The van der Waals surface area contributed by atoms with E-state index in [1.165, 1.54) is 7.11 Å². The highest BCUT2D eigenvalue weighted by molar-refractivity contribution is 7.84. The van der Waals surface area contributed by atoms with Crippen molar-refractivity contribution in [3.05, 3.63) is 65.7 Å². The van der Waals surface area contributed by atoms with Crippen LogP contribution in [0.5, 0.6) is 5.75 Å². The van der Waals surface area contributed by atoms with Crippen molar-refractivity contribution in [3.8, 4) is 5.75 Å². The molecule has 0 amide bonds. The van der Waals surface area contributed by atoms with Crippen LogP contribution in [-0.4, -0.2) is 39.9 Å². The molecule has 0 aromatic heterocycles. The molecule has 9 heteroatoms. The van der Waals surface area contributed by atoms with Gasteiger partial charge in [-0.2, -0.15) is 0 Å².